The number of likely N-dealkylation sites (tertiary alicyclic amines) is 1. The summed E-state index contributed by atoms with van der Waals surface area (Å²) in [7, 11) is 0. The first-order chi connectivity index (χ1) is 12.6. The monoisotopic (exact) mass is 383 g/mol. The lowest BCUT2D eigenvalue weighted by Crippen LogP contribution is -2.48. The molecule has 2 aliphatic rings. The Morgan fingerprint density at radius 3 is 2.96 bits per heavy atom. The largest absolute Gasteiger partial charge is 0.486 e. The number of piperidine rings is 1. The quantitative estimate of drug-likeness (QED) is 0.674. The average molecular weight is 384 g/mol. The second-order valence-corrected chi connectivity index (χ2v) is 7.18. The smallest absolute Gasteiger partial charge is 0.255 e. The van der Waals surface area contributed by atoms with Crippen LogP contribution in [0.3, 0.4) is 0 Å². The maximum atomic E-state index is 12.6. The third-order valence-corrected chi connectivity index (χ3v) is 5.08. The Morgan fingerprint density at radius 1 is 1.38 bits per heavy atom. The van der Waals surface area contributed by atoms with Gasteiger partial charge in [0, 0.05) is 30.1 Å². The molecule has 8 heteroatoms. The van der Waals surface area contributed by atoms with Gasteiger partial charge in [-0.15, -0.1) is 0 Å². The first-order valence-corrected chi connectivity index (χ1v) is 9.44. The van der Waals surface area contributed by atoms with Crippen LogP contribution >= 0.6 is 11.6 Å². The summed E-state index contributed by atoms with van der Waals surface area (Å²) in [6.45, 7) is 4.32. The molecule has 2 heterocycles. The van der Waals surface area contributed by atoms with E-state index in [-0.39, 0.29) is 11.8 Å². The molecule has 7 nitrogen and oxygen atoms in total. The highest BCUT2D eigenvalue weighted by molar-refractivity contribution is 6.31. The van der Waals surface area contributed by atoms with Gasteiger partial charge in [0.05, 0.1) is 11.7 Å². The van der Waals surface area contributed by atoms with Gasteiger partial charge in [-0.05, 0) is 38.5 Å². The number of nitrogens with one attached hydrogen (secondary N) is 1. The topological polar surface area (TPSA) is 97.1 Å². The van der Waals surface area contributed by atoms with Crippen molar-refractivity contribution in [3.63, 3.8) is 0 Å². The maximum Gasteiger partial charge on any atom is 0.255 e. The van der Waals surface area contributed by atoms with E-state index in [1.54, 1.807) is 12.1 Å². The molecule has 0 aromatic heterocycles. The Labute approximate surface area is 158 Å². The van der Waals surface area contributed by atoms with Crippen LogP contribution in [0.15, 0.2) is 12.1 Å². The highest BCUT2D eigenvalue weighted by atomic mass is 35.5. The van der Waals surface area contributed by atoms with Gasteiger partial charge in [0.2, 0.25) is 0 Å². The summed E-state index contributed by atoms with van der Waals surface area (Å²) in [5.74, 6) is 0.671. The molecule has 1 aromatic rings. The van der Waals surface area contributed by atoms with Crippen LogP contribution in [0.25, 0.3) is 0 Å². The number of rotatable bonds is 6. The molecular weight excluding hydrogens is 358 g/mol. The fourth-order valence-corrected chi connectivity index (χ4v) is 3.62. The lowest BCUT2D eigenvalue weighted by molar-refractivity contribution is 0.0220. The summed E-state index contributed by atoms with van der Waals surface area (Å²) in [4.78, 5) is 14.8. The second kappa shape index (κ2) is 8.90. The molecule has 0 bridgehead atoms. The molecule has 1 aromatic carbocycles. The van der Waals surface area contributed by atoms with Crippen LogP contribution in [0.5, 0.6) is 11.5 Å². The van der Waals surface area contributed by atoms with Crippen molar-refractivity contribution in [1.29, 1.82) is 0 Å². The number of aliphatic hydroxyl groups excluding tert-OH is 1. The van der Waals surface area contributed by atoms with E-state index in [2.05, 4.69) is 10.2 Å². The molecule has 0 spiro atoms. The fraction of sp³-hybridized carbons (Fsp3) is 0.611. The third-order valence-electron chi connectivity index (χ3n) is 4.86. The van der Waals surface area contributed by atoms with E-state index < -0.39 is 6.10 Å². The van der Waals surface area contributed by atoms with Gasteiger partial charge in [-0.1, -0.05) is 11.6 Å². The first-order valence-electron chi connectivity index (χ1n) is 9.06. The van der Waals surface area contributed by atoms with Gasteiger partial charge in [0.25, 0.3) is 5.91 Å². The van der Waals surface area contributed by atoms with Gasteiger partial charge in [-0.25, -0.2) is 0 Å². The Hall–Kier alpha value is -1.54. The maximum absolute atomic E-state index is 12.6. The molecule has 1 saturated heterocycles. The molecule has 0 radical (unpaired) electrons. The zero-order valence-electron chi connectivity index (χ0n) is 14.7. The fourth-order valence-electron chi connectivity index (χ4n) is 3.41. The van der Waals surface area contributed by atoms with Crippen LogP contribution in [0, 0.1) is 5.92 Å². The van der Waals surface area contributed by atoms with Crippen LogP contribution in [0.2, 0.25) is 5.02 Å². The van der Waals surface area contributed by atoms with Crippen LogP contribution in [0.1, 0.15) is 23.2 Å². The molecule has 4 N–H and O–H groups in total. The van der Waals surface area contributed by atoms with Crippen molar-refractivity contribution in [2.24, 2.45) is 11.7 Å². The molecule has 2 atom stereocenters. The second-order valence-electron chi connectivity index (χ2n) is 6.75. The summed E-state index contributed by atoms with van der Waals surface area (Å²) in [6.07, 6.45) is 1.30. The third kappa shape index (κ3) is 4.59. The Balaban J connectivity index is 1.57. The number of amides is 1. The Kier molecular flexibility index (Phi) is 6.58. The first kappa shape index (κ1) is 19.2. The van der Waals surface area contributed by atoms with Gasteiger partial charge in [-0.3, -0.25) is 4.79 Å². The number of carbonyl (C=O) groups excluding carboxylic acids is 1. The summed E-state index contributed by atoms with van der Waals surface area (Å²) >= 11 is 6.09. The zero-order chi connectivity index (χ0) is 18.5. The standard InChI is InChI=1S/C18H26ClN3O4/c19-13-8-14(17-16(9-13)25-6-7-26-17)18(24)21-10-12-2-5-22(4-1-3-20)11-15(12)23/h8-9,12,15,23H,1-7,10-11,20H2,(H,21,24)/t12-,15+/m0/s1. The molecule has 26 heavy (non-hydrogen) atoms. The normalized spacial score (nSPS) is 22.9. The minimum Gasteiger partial charge on any atom is -0.486 e. The Morgan fingerprint density at radius 2 is 2.19 bits per heavy atom. The van der Waals surface area contributed by atoms with Crippen LogP contribution < -0.4 is 20.5 Å². The number of β-amino-alcohol motifs (C(OH)–C–C–N with tert-alkyl or cyclic N) is 1. The molecule has 1 fully saturated rings. The molecule has 0 unspecified atom stereocenters. The Bertz CT molecular complexity index is 643. The lowest BCUT2D eigenvalue weighted by atomic mass is 9.93. The number of hydrogen-bond donors (Lipinski definition) is 3. The van der Waals surface area contributed by atoms with Crippen molar-refractivity contribution >= 4 is 17.5 Å². The molecule has 2 aliphatic heterocycles. The van der Waals surface area contributed by atoms with E-state index in [1.807, 2.05) is 0 Å². The number of hydrogen-bond acceptors (Lipinski definition) is 6. The number of nitrogens with zero attached hydrogens (tertiary/aromatic N) is 1. The summed E-state index contributed by atoms with van der Waals surface area (Å²) in [5.41, 5.74) is 5.90. The molecule has 0 aliphatic carbocycles. The highest BCUT2D eigenvalue weighted by Gasteiger charge is 2.28. The highest BCUT2D eigenvalue weighted by Crippen LogP contribution is 2.36. The van der Waals surface area contributed by atoms with Crippen LogP contribution in [-0.4, -0.2) is 68.0 Å². The van der Waals surface area contributed by atoms with Crippen LogP contribution in [-0.2, 0) is 0 Å². The van der Waals surface area contributed by atoms with E-state index in [1.165, 1.54) is 0 Å². The molecule has 0 saturated carbocycles. The molecule has 144 valence electrons. The van der Waals surface area contributed by atoms with Crippen molar-refractivity contribution in [3.05, 3.63) is 22.7 Å². The summed E-state index contributed by atoms with van der Waals surface area (Å²) < 4.78 is 11.1. The van der Waals surface area contributed by atoms with Crippen molar-refractivity contribution in [2.75, 3.05) is 45.9 Å². The van der Waals surface area contributed by atoms with E-state index in [9.17, 15) is 9.90 Å². The van der Waals surface area contributed by atoms with E-state index in [0.717, 1.165) is 25.9 Å². The van der Waals surface area contributed by atoms with E-state index in [0.29, 0.717) is 54.9 Å². The van der Waals surface area contributed by atoms with Gasteiger partial charge >= 0.3 is 0 Å². The van der Waals surface area contributed by atoms with Gasteiger partial charge in [0.1, 0.15) is 13.2 Å². The van der Waals surface area contributed by atoms with Crippen LogP contribution in [0.4, 0.5) is 0 Å². The SMILES string of the molecule is NCCCN1CC[C@@H](CNC(=O)c2cc(Cl)cc3c2OCCO3)[C@H](O)C1. The predicted molar refractivity (Wildman–Crippen MR) is 99.0 cm³/mol. The summed E-state index contributed by atoms with van der Waals surface area (Å²) in [5, 5.41) is 13.7. The number of halogens is 1. The number of aliphatic hydroxyl groups is 1. The van der Waals surface area contributed by atoms with Gasteiger partial charge < -0.3 is 30.5 Å². The van der Waals surface area contributed by atoms with Crippen molar-refractivity contribution in [2.45, 2.75) is 18.9 Å². The van der Waals surface area contributed by atoms with Crippen molar-refractivity contribution in [3.8, 4) is 11.5 Å². The van der Waals surface area contributed by atoms with E-state index in [4.69, 9.17) is 26.8 Å². The number of fused-ring (bicyclic) bond motifs is 1. The predicted octanol–water partition coefficient (Wildman–Crippen LogP) is 0.873. The number of ether oxygens (including phenoxy) is 2. The number of benzene rings is 1. The number of carbonyl (C=O) groups is 1. The average Bonchev–Trinajstić information content (AvgIpc) is 2.64. The number of nitrogens with two attached hydrogens (primary N) is 1. The lowest BCUT2D eigenvalue weighted by Gasteiger charge is -2.36. The zero-order valence-corrected chi connectivity index (χ0v) is 15.5. The van der Waals surface area contributed by atoms with Gasteiger partial charge in [-0.2, -0.15) is 0 Å². The van der Waals surface area contributed by atoms with Gasteiger partial charge in [0.15, 0.2) is 11.5 Å². The minimum atomic E-state index is -0.463. The minimum absolute atomic E-state index is 0.0280. The molecular formula is C18H26ClN3O4. The molecule has 1 amide bonds. The van der Waals surface area contributed by atoms with Crippen molar-refractivity contribution < 1.29 is 19.4 Å². The summed E-state index contributed by atoms with van der Waals surface area (Å²) in [6, 6.07) is 3.23. The van der Waals surface area contributed by atoms with Crippen molar-refractivity contribution in [1.82, 2.24) is 10.2 Å². The molecule has 3 rings (SSSR count). The van der Waals surface area contributed by atoms with E-state index >= 15 is 0 Å².